The van der Waals surface area contributed by atoms with Gasteiger partial charge in [-0.1, -0.05) is 26.0 Å². The van der Waals surface area contributed by atoms with Gasteiger partial charge in [-0.15, -0.1) is 0 Å². The van der Waals surface area contributed by atoms with Crippen LogP contribution in [0, 0.1) is 11.8 Å². The molecule has 0 heterocycles. The molecule has 2 N–H and O–H groups in total. The molecule has 1 rings (SSSR count). The molecule has 3 unspecified atom stereocenters. The van der Waals surface area contributed by atoms with Crippen LogP contribution in [0.1, 0.15) is 31.1 Å². The summed E-state index contributed by atoms with van der Waals surface area (Å²) in [7, 11) is 0. The number of halogens is 3. The molecule has 0 spiro atoms. The van der Waals surface area contributed by atoms with Gasteiger partial charge >= 0.3 is 12.1 Å². The minimum atomic E-state index is -4.43. The van der Waals surface area contributed by atoms with Gasteiger partial charge in [0.05, 0.1) is 17.6 Å². The third-order valence-corrected chi connectivity index (χ3v) is 3.26. The van der Waals surface area contributed by atoms with Crippen molar-refractivity contribution in [2.75, 3.05) is 0 Å². The second-order valence-electron chi connectivity index (χ2n) is 4.55. The number of aliphatic hydroxyl groups excluding tert-OH is 1. The highest BCUT2D eigenvalue weighted by molar-refractivity contribution is 5.69. The molecule has 0 saturated heterocycles. The lowest BCUT2D eigenvalue weighted by Crippen LogP contribution is -2.24. The van der Waals surface area contributed by atoms with E-state index in [0.29, 0.717) is 0 Å². The number of carbonyl (C=O) groups is 1. The van der Waals surface area contributed by atoms with Crippen LogP contribution in [0.15, 0.2) is 24.3 Å². The number of carboxylic acid groups (broad SMARTS) is 1. The molecule has 1 aromatic rings. The van der Waals surface area contributed by atoms with Crippen molar-refractivity contribution in [3.8, 4) is 0 Å². The monoisotopic (exact) mass is 276 g/mol. The normalized spacial score (nSPS) is 16.7. The average Bonchev–Trinajstić information content (AvgIpc) is 2.35. The first-order valence-corrected chi connectivity index (χ1v) is 5.72. The topological polar surface area (TPSA) is 57.5 Å². The predicted molar refractivity (Wildman–Crippen MR) is 62.4 cm³/mol. The smallest absolute Gasteiger partial charge is 0.416 e. The lowest BCUT2D eigenvalue weighted by Gasteiger charge is -2.22. The number of benzene rings is 1. The van der Waals surface area contributed by atoms with Crippen LogP contribution in [0.4, 0.5) is 13.2 Å². The van der Waals surface area contributed by atoms with Gasteiger partial charge in [-0.2, -0.15) is 13.2 Å². The van der Waals surface area contributed by atoms with E-state index in [1.165, 1.54) is 19.1 Å². The van der Waals surface area contributed by atoms with Gasteiger partial charge in [0.2, 0.25) is 0 Å². The highest BCUT2D eigenvalue weighted by Gasteiger charge is 2.31. The first-order valence-electron chi connectivity index (χ1n) is 5.72. The third-order valence-electron chi connectivity index (χ3n) is 3.26. The van der Waals surface area contributed by atoms with E-state index in [0.717, 1.165) is 12.1 Å². The first-order chi connectivity index (χ1) is 8.64. The Kier molecular flexibility index (Phi) is 4.57. The highest BCUT2D eigenvalue weighted by Crippen LogP contribution is 2.32. The van der Waals surface area contributed by atoms with Gasteiger partial charge in [0, 0.05) is 0 Å². The molecule has 106 valence electrons. The van der Waals surface area contributed by atoms with Crippen molar-refractivity contribution < 1.29 is 28.2 Å². The predicted octanol–water partition coefficient (Wildman–Crippen LogP) is 3.10. The van der Waals surface area contributed by atoms with Gasteiger partial charge in [0.1, 0.15) is 0 Å². The fourth-order valence-corrected chi connectivity index (χ4v) is 1.67. The molecule has 3 nitrogen and oxygen atoms in total. The SMILES string of the molecule is CC(C(=O)O)C(C)C(O)c1ccc(C(F)(F)F)cc1. The van der Waals surface area contributed by atoms with Gasteiger partial charge < -0.3 is 10.2 Å². The molecule has 3 atom stereocenters. The molecule has 0 aliphatic heterocycles. The number of carboxylic acids is 1. The van der Waals surface area contributed by atoms with E-state index in [2.05, 4.69) is 0 Å². The molecule has 0 aromatic heterocycles. The number of hydrogen-bond acceptors (Lipinski definition) is 2. The van der Waals surface area contributed by atoms with E-state index in [1.807, 2.05) is 0 Å². The summed E-state index contributed by atoms with van der Waals surface area (Å²) in [6.45, 7) is 2.99. The number of aliphatic hydroxyl groups is 1. The second kappa shape index (κ2) is 5.61. The summed E-state index contributed by atoms with van der Waals surface area (Å²) < 4.78 is 37.1. The Bertz CT molecular complexity index is 439. The number of alkyl halides is 3. The number of hydrogen-bond donors (Lipinski definition) is 2. The number of rotatable bonds is 4. The van der Waals surface area contributed by atoms with Gasteiger partial charge in [-0.25, -0.2) is 0 Å². The Morgan fingerprint density at radius 1 is 1.16 bits per heavy atom. The van der Waals surface area contributed by atoms with Crippen LogP contribution in [0.3, 0.4) is 0 Å². The zero-order chi connectivity index (χ0) is 14.8. The zero-order valence-electron chi connectivity index (χ0n) is 10.5. The zero-order valence-corrected chi connectivity index (χ0v) is 10.5. The Balaban J connectivity index is 2.89. The Hall–Kier alpha value is -1.56. The van der Waals surface area contributed by atoms with E-state index in [9.17, 15) is 23.1 Å². The summed E-state index contributed by atoms with van der Waals surface area (Å²) in [6, 6.07) is 4.07. The summed E-state index contributed by atoms with van der Waals surface area (Å²) >= 11 is 0. The fourth-order valence-electron chi connectivity index (χ4n) is 1.67. The van der Waals surface area contributed by atoms with Crippen LogP contribution in [0.5, 0.6) is 0 Å². The van der Waals surface area contributed by atoms with Crippen molar-refractivity contribution in [2.45, 2.75) is 26.1 Å². The van der Waals surface area contributed by atoms with Crippen molar-refractivity contribution in [1.29, 1.82) is 0 Å². The van der Waals surface area contributed by atoms with Crippen molar-refractivity contribution in [3.05, 3.63) is 35.4 Å². The third kappa shape index (κ3) is 3.70. The minimum Gasteiger partial charge on any atom is -0.481 e. The maximum absolute atomic E-state index is 12.4. The maximum atomic E-state index is 12.4. The summed E-state index contributed by atoms with van der Waals surface area (Å²) in [5.41, 5.74) is -0.531. The van der Waals surface area contributed by atoms with E-state index < -0.39 is 35.6 Å². The molecule has 0 aliphatic carbocycles. The molecule has 0 radical (unpaired) electrons. The molecule has 1 aromatic carbocycles. The molecule has 0 saturated carbocycles. The van der Waals surface area contributed by atoms with E-state index in [-0.39, 0.29) is 5.56 Å². The fraction of sp³-hybridized carbons (Fsp3) is 0.462. The van der Waals surface area contributed by atoms with Crippen molar-refractivity contribution in [3.63, 3.8) is 0 Å². The van der Waals surface area contributed by atoms with E-state index in [1.54, 1.807) is 6.92 Å². The van der Waals surface area contributed by atoms with Gasteiger partial charge in [0.15, 0.2) is 0 Å². The Labute approximate surface area is 108 Å². The summed E-state index contributed by atoms with van der Waals surface area (Å²) in [6.07, 6.45) is -5.54. The summed E-state index contributed by atoms with van der Waals surface area (Å²) in [5, 5.41) is 18.8. The van der Waals surface area contributed by atoms with Crippen LogP contribution in [-0.2, 0) is 11.0 Å². The Morgan fingerprint density at radius 3 is 2.00 bits per heavy atom. The lowest BCUT2D eigenvalue weighted by atomic mass is 9.87. The summed E-state index contributed by atoms with van der Waals surface area (Å²) in [5.74, 6) is -2.45. The van der Waals surface area contributed by atoms with Crippen molar-refractivity contribution in [1.82, 2.24) is 0 Å². The van der Waals surface area contributed by atoms with E-state index in [4.69, 9.17) is 5.11 Å². The lowest BCUT2D eigenvalue weighted by molar-refractivity contribution is -0.144. The maximum Gasteiger partial charge on any atom is 0.416 e. The Morgan fingerprint density at radius 2 is 1.63 bits per heavy atom. The van der Waals surface area contributed by atoms with Gasteiger partial charge in [-0.05, 0) is 23.6 Å². The molecule has 0 bridgehead atoms. The molecule has 6 heteroatoms. The molecule has 0 fully saturated rings. The average molecular weight is 276 g/mol. The molecular formula is C13H15F3O3. The summed E-state index contributed by atoms with van der Waals surface area (Å²) in [4.78, 5) is 10.8. The highest BCUT2D eigenvalue weighted by atomic mass is 19.4. The first kappa shape index (κ1) is 15.5. The van der Waals surface area contributed by atoms with Crippen LogP contribution in [0.2, 0.25) is 0 Å². The molecule has 0 amide bonds. The largest absolute Gasteiger partial charge is 0.481 e. The second-order valence-corrected chi connectivity index (χ2v) is 4.55. The molecule has 0 aliphatic rings. The van der Waals surface area contributed by atoms with E-state index >= 15 is 0 Å². The van der Waals surface area contributed by atoms with Crippen LogP contribution >= 0.6 is 0 Å². The van der Waals surface area contributed by atoms with Crippen molar-refractivity contribution in [2.24, 2.45) is 11.8 Å². The van der Waals surface area contributed by atoms with Gasteiger partial charge in [0.25, 0.3) is 0 Å². The minimum absolute atomic E-state index is 0.272. The molecule has 19 heavy (non-hydrogen) atoms. The quantitative estimate of drug-likeness (QED) is 0.888. The van der Waals surface area contributed by atoms with Gasteiger partial charge in [-0.3, -0.25) is 4.79 Å². The van der Waals surface area contributed by atoms with Crippen LogP contribution in [-0.4, -0.2) is 16.2 Å². The number of aliphatic carboxylic acids is 1. The van der Waals surface area contributed by atoms with Crippen LogP contribution in [0.25, 0.3) is 0 Å². The van der Waals surface area contributed by atoms with Crippen LogP contribution < -0.4 is 0 Å². The standard InChI is InChI=1S/C13H15F3O3/c1-7(8(2)12(18)19)11(17)9-3-5-10(6-4-9)13(14,15)16/h3-8,11,17H,1-2H3,(H,18,19). The molecular weight excluding hydrogens is 261 g/mol. The van der Waals surface area contributed by atoms with Crippen molar-refractivity contribution >= 4 is 5.97 Å².